The van der Waals surface area contributed by atoms with Gasteiger partial charge < -0.3 is 4.90 Å². The van der Waals surface area contributed by atoms with Gasteiger partial charge in [-0.1, -0.05) is 18.2 Å². The molecule has 8 nitrogen and oxygen atoms in total. The van der Waals surface area contributed by atoms with Crippen molar-refractivity contribution in [2.45, 2.75) is 20.8 Å². The van der Waals surface area contributed by atoms with Gasteiger partial charge in [0.2, 0.25) is 0 Å². The van der Waals surface area contributed by atoms with E-state index in [1.807, 2.05) is 80.8 Å². The number of anilines is 1. The van der Waals surface area contributed by atoms with E-state index in [9.17, 15) is 9.59 Å². The van der Waals surface area contributed by atoms with Crippen molar-refractivity contribution in [3.05, 3.63) is 93.3 Å². The number of benzene rings is 2. The zero-order valence-corrected chi connectivity index (χ0v) is 19.3. The maximum atomic E-state index is 13.2. The normalized spacial score (nSPS) is 11.3. The molecule has 0 aliphatic carbocycles. The number of hydrogen-bond donors (Lipinski definition) is 1. The summed E-state index contributed by atoms with van der Waals surface area (Å²) in [6.07, 6.45) is 1.58. The zero-order chi connectivity index (χ0) is 23.7. The minimum Gasteiger partial charge on any atom is -0.378 e. The van der Waals surface area contributed by atoms with Crippen LogP contribution in [0.4, 0.5) is 5.69 Å². The number of para-hydroxylation sites is 1. The SMILES string of the molecule is Cc1cc(C=NNC(=O)c2cccc(N(C)C)c2)c(C)n1-n1c(C)nc2ccccc2c1=O. The Morgan fingerprint density at radius 1 is 1.03 bits per heavy atom. The second-order valence-corrected chi connectivity index (χ2v) is 8.08. The Labute approximate surface area is 191 Å². The number of hydrazone groups is 1. The van der Waals surface area contributed by atoms with Crippen molar-refractivity contribution in [2.24, 2.45) is 5.10 Å². The Kier molecular flexibility index (Phi) is 5.83. The lowest BCUT2D eigenvalue weighted by Crippen LogP contribution is -2.30. The lowest BCUT2D eigenvalue weighted by atomic mass is 10.2. The van der Waals surface area contributed by atoms with Crippen molar-refractivity contribution in [1.29, 1.82) is 0 Å². The number of fused-ring (bicyclic) bond motifs is 1. The first-order valence-corrected chi connectivity index (χ1v) is 10.6. The lowest BCUT2D eigenvalue weighted by Gasteiger charge is -2.16. The summed E-state index contributed by atoms with van der Waals surface area (Å²) in [5, 5.41) is 4.70. The van der Waals surface area contributed by atoms with Crippen LogP contribution in [-0.4, -0.2) is 40.6 Å². The first-order chi connectivity index (χ1) is 15.8. The van der Waals surface area contributed by atoms with Crippen molar-refractivity contribution in [1.82, 2.24) is 19.8 Å². The first-order valence-electron chi connectivity index (χ1n) is 10.6. The molecule has 4 aromatic rings. The second kappa shape index (κ2) is 8.74. The van der Waals surface area contributed by atoms with Crippen LogP contribution in [0.1, 0.15) is 33.1 Å². The van der Waals surface area contributed by atoms with Crippen molar-refractivity contribution < 1.29 is 4.79 Å². The smallest absolute Gasteiger partial charge is 0.280 e. The molecular weight excluding hydrogens is 416 g/mol. The van der Waals surface area contributed by atoms with Crippen LogP contribution in [0.2, 0.25) is 0 Å². The number of nitrogens with zero attached hydrogens (tertiary/aromatic N) is 5. The molecule has 0 aliphatic heterocycles. The molecule has 0 aliphatic rings. The Balaban J connectivity index is 1.63. The van der Waals surface area contributed by atoms with Crippen molar-refractivity contribution in [3.63, 3.8) is 0 Å². The molecule has 0 spiro atoms. The highest BCUT2D eigenvalue weighted by Crippen LogP contribution is 2.16. The molecule has 2 aromatic heterocycles. The van der Waals surface area contributed by atoms with Gasteiger partial charge in [0.05, 0.1) is 17.1 Å². The molecule has 4 rings (SSSR count). The van der Waals surface area contributed by atoms with E-state index < -0.39 is 0 Å². The van der Waals surface area contributed by atoms with Crippen LogP contribution in [0.3, 0.4) is 0 Å². The standard InChI is InChI=1S/C25H26N6O2/c1-16-13-20(15-26-28-24(32)19-9-8-10-21(14-19)29(4)5)17(2)30(16)31-18(3)27-23-12-7-6-11-22(23)25(31)33/h6-15H,1-5H3,(H,28,32). The van der Waals surface area contributed by atoms with Gasteiger partial charge in [-0.05, 0) is 57.2 Å². The zero-order valence-electron chi connectivity index (χ0n) is 19.3. The Hall–Kier alpha value is -4.20. The van der Waals surface area contributed by atoms with Crippen molar-refractivity contribution in [2.75, 3.05) is 19.0 Å². The highest BCUT2D eigenvalue weighted by Gasteiger charge is 2.15. The quantitative estimate of drug-likeness (QED) is 0.380. The molecule has 1 amide bonds. The van der Waals surface area contributed by atoms with Crippen molar-refractivity contribution >= 4 is 28.7 Å². The van der Waals surface area contributed by atoms with Crippen molar-refractivity contribution in [3.8, 4) is 0 Å². The summed E-state index contributed by atoms with van der Waals surface area (Å²) in [7, 11) is 3.84. The van der Waals surface area contributed by atoms with Crippen LogP contribution in [0.25, 0.3) is 10.9 Å². The Morgan fingerprint density at radius 2 is 1.79 bits per heavy atom. The lowest BCUT2D eigenvalue weighted by molar-refractivity contribution is 0.0955. The van der Waals surface area contributed by atoms with E-state index in [-0.39, 0.29) is 11.5 Å². The maximum absolute atomic E-state index is 13.2. The summed E-state index contributed by atoms with van der Waals surface area (Å²) in [6.45, 7) is 5.62. The first kappa shape index (κ1) is 22.0. The third-order valence-corrected chi connectivity index (χ3v) is 5.54. The molecule has 2 aromatic carbocycles. The molecule has 33 heavy (non-hydrogen) atoms. The molecule has 0 fully saturated rings. The fraction of sp³-hybridized carbons (Fsp3) is 0.200. The predicted octanol–water partition coefficient (Wildman–Crippen LogP) is 3.26. The molecule has 168 valence electrons. The molecule has 0 unspecified atom stereocenters. The number of amides is 1. The van der Waals surface area contributed by atoms with Gasteiger partial charge in [-0.3, -0.25) is 14.3 Å². The van der Waals surface area contributed by atoms with E-state index in [1.165, 1.54) is 0 Å². The van der Waals surface area contributed by atoms with E-state index in [4.69, 9.17) is 0 Å². The summed E-state index contributed by atoms with van der Waals surface area (Å²) < 4.78 is 3.39. The summed E-state index contributed by atoms with van der Waals surface area (Å²) in [5.41, 5.74) is 7.00. The molecule has 0 saturated carbocycles. The van der Waals surface area contributed by atoms with Crippen LogP contribution < -0.4 is 15.9 Å². The van der Waals surface area contributed by atoms with Gasteiger partial charge in [0.1, 0.15) is 5.82 Å². The van der Waals surface area contributed by atoms with E-state index in [2.05, 4.69) is 15.5 Å². The largest absolute Gasteiger partial charge is 0.378 e. The van der Waals surface area contributed by atoms with Gasteiger partial charge in [-0.15, -0.1) is 0 Å². The molecule has 1 N–H and O–H groups in total. The van der Waals surface area contributed by atoms with Crippen LogP contribution >= 0.6 is 0 Å². The number of nitrogens with one attached hydrogen (secondary N) is 1. The molecule has 0 bridgehead atoms. The van der Waals surface area contributed by atoms with Gasteiger partial charge in [0, 0.05) is 42.3 Å². The number of hydrogen-bond acceptors (Lipinski definition) is 5. The molecule has 0 radical (unpaired) electrons. The highest BCUT2D eigenvalue weighted by atomic mass is 16.2. The molecule has 8 heteroatoms. The monoisotopic (exact) mass is 442 g/mol. The van der Waals surface area contributed by atoms with Gasteiger partial charge in [-0.25, -0.2) is 10.4 Å². The Bertz CT molecular complexity index is 1450. The van der Waals surface area contributed by atoms with Gasteiger partial charge in [0.15, 0.2) is 0 Å². The molecule has 0 saturated heterocycles. The highest BCUT2D eigenvalue weighted by molar-refractivity contribution is 5.95. The number of carbonyl (C=O) groups is 1. The summed E-state index contributed by atoms with van der Waals surface area (Å²) in [6, 6.07) is 16.5. The van der Waals surface area contributed by atoms with E-state index in [0.717, 1.165) is 22.6 Å². The third kappa shape index (κ3) is 4.15. The fourth-order valence-corrected chi connectivity index (χ4v) is 3.84. The summed E-state index contributed by atoms with van der Waals surface area (Å²) in [4.78, 5) is 32.2. The average molecular weight is 443 g/mol. The van der Waals surface area contributed by atoms with Crippen LogP contribution in [0, 0.1) is 20.8 Å². The average Bonchev–Trinajstić information content (AvgIpc) is 3.07. The number of aryl methyl sites for hydroxylation is 2. The number of carbonyl (C=O) groups excluding carboxylic acids is 1. The topological polar surface area (TPSA) is 84.5 Å². The van der Waals surface area contributed by atoms with Crippen LogP contribution in [0.5, 0.6) is 0 Å². The van der Waals surface area contributed by atoms with Gasteiger partial charge in [0.25, 0.3) is 11.5 Å². The van der Waals surface area contributed by atoms with Crippen LogP contribution in [0.15, 0.2) is 64.5 Å². The van der Waals surface area contributed by atoms with Gasteiger partial charge in [-0.2, -0.15) is 9.78 Å². The molecule has 2 heterocycles. The van der Waals surface area contributed by atoms with Gasteiger partial charge >= 0.3 is 0 Å². The fourth-order valence-electron chi connectivity index (χ4n) is 3.84. The summed E-state index contributed by atoms with van der Waals surface area (Å²) in [5.74, 6) is 0.285. The minimum atomic E-state index is -0.297. The molecule has 0 atom stereocenters. The number of rotatable bonds is 5. The number of aromatic nitrogens is 3. The predicted molar refractivity (Wildman–Crippen MR) is 131 cm³/mol. The maximum Gasteiger partial charge on any atom is 0.280 e. The van der Waals surface area contributed by atoms with E-state index in [0.29, 0.717) is 22.3 Å². The minimum absolute atomic E-state index is 0.141. The van der Waals surface area contributed by atoms with E-state index >= 15 is 0 Å². The van der Waals surface area contributed by atoms with Crippen LogP contribution in [-0.2, 0) is 0 Å². The second-order valence-electron chi connectivity index (χ2n) is 8.08. The van der Waals surface area contributed by atoms with E-state index in [1.54, 1.807) is 29.1 Å². The third-order valence-electron chi connectivity index (χ3n) is 5.54. The Morgan fingerprint density at radius 3 is 2.55 bits per heavy atom. The summed E-state index contributed by atoms with van der Waals surface area (Å²) >= 11 is 0. The molecular formula is C25H26N6O2.